The molecule has 0 saturated carbocycles. The molecular weight excluding hydrogens is 268 g/mol. The molecule has 7 heteroatoms. The predicted molar refractivity (Wildman–Crippen MR) is 72.5 cm³/mol. The second-order valence-electron chi connectivity index (χ2n) is 4.41. The highest BCUT2D eigenvalue weighted by atomic mass is 32.2. The third kappa shape index (κ3) is 3.93. The molecule has 1 atom stereocenters. The van der Waals surface area contributed by atoms with Gasteiger partial charge in [0, 0.05) is 6.61 Å². The number of anilines is 2. The van der Waals surface area contributed by atoms with Crippen molar-refractivity contribution in [1.29, 1.82) is 0 Å². The van der Waals surface area contributed by atoms with Crippen LogP contribution in [0, 0.1) is 0 Å². The maximum absolute atomic E-state index is 11.9. The van der Waals surface area contributed by atoms with Crippen molar-refractivity contribution < 1.29 is 17.9 Å². The van der Waals surface area contributed by atoms with Gasteiger partial charge in [0.05, 0.1) is 17.6 Å². The molecule has 1 fully saturated rings. The van der Waals surface area contributed by atoms with Gasteiger partial charge in [-0.25, -0.2) is 8.42 Å². The zero-order valence-electron chi connectivity index (χ0n) is 10.5. The summed E-state index contributed by atoms with van der Waals surface area (Å²) in [5.74, 6) is -0.250. The van der Waals surface area contributed by atoms with E-state index in [0.717, 1.165) is 12.7 Å². The first-order chi connectivity index (χ1) is 8.96. The smallest absolute Gasteiger partial charge is 0.253 e. The zero-order valence-corrected chi connectivity index (χ0v) is 11.4. The Morgan fingerprint density at radius 3 is 2.58 bits per heavy atom. The van der Waals surface area contributed by atoms with Crippen LogP contribution < -0.4 is 10.0 Å². The number of carbonyl (C=O) groups is 1. The summed E-state index contributed by atoms with van der Waals surface area (Å²) in [7, 11) is -3.39. The summed E-state index contributed by atoms with van der Waals surface area (Å²) < 4.78 is 30.1. The number of carbonyl (C=O) groups excluding carboxylic acids is 1. The molecule has 0 bridgehead atoms. The van der Waals surface area contributed by atoms with Gasteiger partial charge in [-0.05, 0) is 25.0 Å². The highest BCUT2D eigenvalue weighted by molar-refractivity contribution is 7.92. The van der Waals surface area contributed by atoms with Crippen LogP contribution in [0.1, 0.15) is 12.8 Å². The van der Waals surface area contributed by atoms with E-state index in [1.807, 2.05) is 0 Å². The number of hydrogen-bond acceptors (Lipinski definition) is 4. The van der Waals surface area contributed by atoms with Crippen molar-refractivity contribution >= 4 is 27.3 Å². The maximum atomic E-state index is 11.9. The fourth-order valence-corrected chi connectivity index (χ4v) is 2.46. The number of hydrogen-bond donors (Lipinski definition) is 2. The Hall–Kier alpha value is -1.60. The van der Waals surface area contributed by atoms with Gasteiger partial charge in [0.2, 0.25) is 10.0 Å². The summed E-state index contributed by atoms with van der Waals surface area (Å²) in [6.07, 6.45) is 2.16. The quantitative estimate of drug-likeness (QED) is 0.869. The summed E-state index contributed by atoms with van der Waals surface area (Å²) in [5, 5.41) is 2.68. The van der Waals surface area contributed by atoms with E-state index in [-0.39, 0.29) is 5.91 Å². The molecule has 104 valence electrons. The fraction of sp³-hybridized carbons (Fsp3) is 0.417. The first kappa shape index (κ1) is 13.8. The van der Waals surface area contributed by atoms with Crippen molar-refractivity contribution in [2.75, 3.05) is 22.9 Å². The van der Waals surface area contributed by atoms with Crippen molar-refractivity contribution in [1.82, 2.24) is 0 Å². The number of sulfonamides is 1. The minimum absolute atomic E-state index is 0.250. The van der Waals surface area contributed by atoms with Crippen LogP contribution in [0.25, 0.3) is 0 Å². The highest BCUT2D eigenvalue weighted by Crippen LogP contribution is 2.23. The van der Waals surface area contributed by atoms with E-state index in [2.05, 4.69) is 10.0 Å². The Kier molecular flexibility index (Phi) is 4.06. The number of para-hydroxylation sites is 2. The van der Waals surface area contributed by atoms with Gasteiger partial charge in [0.15, 0.2) is 0 Å². The van der Waals surface area contributed by atoms with E-state index in [0.29, 0.717) is 24.4 Å². The minimum Gasteiger partial charge on any atom is -0.368 e. The van der Waals surface area contributed by atoms with Crippen LogP contribution in [-0.4, -0.2) is 33.3 Å². The number of benzene rings is 1. The molecule has 0 aliphatic carbocycles. The number of rotatable bonds is 4. The van der Waals surface area contributed by atoms with Crippen molar-refractivity contribution in [3.63, 3.8) is 0 Å². The van der Waals surface area contributed by atoms with Gasteiger partial charge < -0.3 is 10.1 Å². The average molecular weight is 284 g/mol. The van der Waals surface area contributed by atoms with E-state index in [1.54, 1.807) is 24.3 Å². The lowest BCUT2D eigenvalue weighted by Gasteiger charge is -2.14. The normalized spacial score (nSPS) is 19.1. The van der Waals surface area contributed by atoms with Crippen LogP contribution in [0.5, 0.6) is 0 Å². The second-order valence-corrected chi connectivity index (χ2v) is 6.16. The van der Waals surface area contributed by atoms with Gasteiger partial charge in [-0.1, -0.05) is 12.1 Å². The van der Waals surface area contributed by atoms with Gasteiger partial charge in [0.25, 0.3) is 5.91 Å². The van der Waals surface area contributed by atoms with Crippen LogP contribution in [0.15, 0.2) is 24.3 Å². The number of ether oxygens (including phenoxy) is 1. The Labute approximate surface area is 112 Å². The Balaban J connectivity index is 2.13. The molecule has 0 radical (unpaired) electrons. The SMILES string of the molecule is CS(=O)(=O)Nc1ccccc1NC(=O)C1CCCO1. The number of amides is 1. The molecule has 19 heavy (non-hydrogen) atoms. The van der Waals surface area contributed by atoms with Gasteiger partial charge in [-0.15, -0.1) is 0 Å². The van der Waals surface area contributed by atoms with E-state index in [4.69, 9.17) is 4.74 Å². The van der Waals surface area contributed by atoms with E-state index in [9.17, 15) is 13.2 Å². The summed E-state index contributed by atoms with van der Waals surface area (Å²) in [5.41, 5.74) is 0.768. The largest absolute Gasteiger partial charge is 0.368 e. The molecule has 2 rings (SSSR count). The lowest BCUT2D eigenvalue weighted by atomic mass is 10.2. The van der Waals surface area contributed by atoms with Gasteiger partial charge in [-0.2, -0.15) is 0 Å². The second kappa shape index (κ2) is 5.58. The molecule has 1 saturated heterocycles. The molecule has 0 aromatic heterocycles. The molecule has 1 aromatic carbocycles. The van der Waals surface area contributed by atoms with Crippen molar-refractivity contribution in [3.8, 4) is 0 Å². The van der Waals surface area contributed by atoms with Gasteiger partial charge in [-0.3, -0.25) is 9.52 Å². The van der Waals surface area contributed by atoms with Crippen LogP contribution in [0.4, 0.5) is 11.4 Å². The molecule has 1 amide bonds. The summed E-state index contributed by atoms with van der Waals surface area (Å²) >= 11 is 0. The predicted octanol–water partition coefficient (Wildman–Crippen LogP) is 1.18. The molecule has 2 N–H and O–H groups in total. The first-order valence-electron chi connectivity index (χ1n) is 5.95. The third-order valence-electron chi connectivity index (χ3n) is 2.70. The zero-order chi connectivity index (χ0) is 13.9. The fourth-order valence-electron chi connectivity index (χ4n) is 1.88. The molecule has 1 heterocycles. The van der Waals surface area contributed by atoms with Gasteiger partial charge in [0.1, 0.15) is 6.10 Å². The molecular formula is C12H16N2O4S. The molecule has 1 aliphatic rings. The topological polar surface area (TPSA) is 84.5 Å². The lowest BCUT2D eigenvalue weighted by Crippen LogP contribution is -2.27. The Morgan fingerprint density at radius 1 is 1.32 bits per heavy atom. The standard InChI is InChI=1S/C12H16N2O4S/c1-19(16,17)14-10-6-3-2-5-9(10)13-12(15)11-7-4-8-18-11/h2-3,5-6,11,14H,4,7-8H2,1H3,(H,13,15). The molecule has 1 aliphatic heterocycles. The highest BCUT2D eigenvalue weighted by Gasteiger charge is 2.24. The summed E-state index contributed by atoms with van der Waals surface area (Å²) in [6, 6.07) is 6.64. The molecule has 1 aromatic rings. The van der Waals surface area contributed by atoms with Crippen LogP contribution in [-0.2, 0) is 19.6 Å². The summed E-state index contributed by atoms with van der Waals surface area (Å²) in [4.78, 5) is 11.9. The monoisotopic (exact) mass is 284 g/mol. The van der Waals surface area contributed by atoms with Crippen molar-refractivity contribution in [3.05, 3.63) is 24.3 Å². The first-order valence-corrected chi connectivity index (χ1v) is 7.84. The summed E-state index contributed by atoms with van der Waals surface area (Å²) in [6.45, 7) is 0.585. The lowest BCUT2D eigenvalue weighted by molar-refractivity contribution is -0.124. The molecule has 1 unspecified atom stereocenters. The maximum Gasteiger partial charge on any atom is 0.253 e. The molecule has 6 nitrogen and oxygen atoms in total. The van der Waals surface area contributed by atoms with Crippen LogP contribution in [0.3, 0.4) is 0 Å². The average Bonchev–Trinajstić information content (AvgIpc) is 2.83. The van der Waals surface area contributed by atoms with Crippen molar-refractivity contribution in [2.24, 2.45) is 0 Å². The van der Waals surface area contributed by atoms with E-state index < -0.39 is 16.1 Å². The van der Waals surface area contributed by atoms with E-state index in [1.165, 1.54) is 0 Å². The van der Waals surface area contributed by atoms with Crippen molar-refractivity contribution in [2.45, 2.75) is 18.9 Å². The van der Waals surface area contributed by atoms with E-state index >= 15 is 0 Å². The van der Waals surface area contributed by atoms with Crippen LogP contribution >= 0.6 is 0 Å². The molecule has 0 spiro atoms. The third-order valence-corrected chi connectivity index (χ3v) is 3.29. The Morgan fingerprint density at radius 2 is 2.00 bits per heavy atom. The van der Waals surface area contributed by atoms with Gasteiger partial charge >= 0.3 is 0 Å². The number of nitrogens with one attached hydrogen (secondary N) is 2. The Bertz CT molecular complexity index is 565. The minimum atomic E-state index is -3.39. The van der Waals surface area contributed by atoms with Crippen LogP contribution in [0.2, 0.25) is 0 Å².